The van der Waals surface area contributed by atoms with Crippen LogP contribution in [-0.4, -0.2) is 59.9 Å². The van der Waals surface area contributed by atoms with Gasteiger partial charge in [-0.15, -0.1) is 0 Å². The smallest absolute Gasteiger partial charge is 0.254 e. The molecule has 0 atom stereocenters. The molecule has 1 saturated heterocycles. The van der Waals surface area contributed by atoms with Crippen molar-refractivity contribution in [3.05, 3.63) is 40.5 Å². The van der Waals surface area contributed by atoms with Crippen LogP contribution >= 0.6 is 11.6 Å². The SMILES string of the molecule is CN.O=CCN1Cc2ccc(-c3nc(NC4CCOCC4)ncc3Cl)cc2C1=O. The number of hydrogen-bond donors (Lipinski definition) is 2. The van der Waals surface area contributed by atoms with E-state index in [4.69, 9.17) is 16.3 Å². The van der Waals surface area contributed by atoms with Gasteiger partial charge in [0.2, 0.25) is 5.95 Å². The molecular formula is C20H24ClN5O3. The standard InChI is InChI=1S/C19H19ClN4O3.CH5N/c20-16-10-21-19(22-14-3-7-27-8-4-14)23-17(16)12-1-2-13-11-24(5-6-25)18(26)15(13)9-12;1-2/h1-2,6,9-10,14H,3-5,7-8,11H2,(H,21,22,23);2H2,1H3. The van der Waals surface area contributed by atoms with Crippen molar-refractivity contribution in [2.75, 3.05) is 32.1 Å². The summed E-state index contributed by atoms with van der Waals surface area (Å²) in [5.74, 6) is 0.361. The minimum absolute atomic E-state index is 0.0935. The Morgan fingerprint density at radius 3 is 2.83 bits per heavy atom. The van der Waals surface area contributed by atoms with E-state index in [0.717, 1.165) is 43.5 Å². The van der Waals surface area contributed by atoms with E-state index in [2.05, 4.69) is 21.0 Å². The maximum atomic E-state index is 12.5. The first kappa shape index (κ1) is 21.2. The van der Waals surface area contributed by atoms with Gasteiger partial charge in [0.05, 0.1) is 23.5 Å². The van der Waals surface area contributed by atoms with Gasteiger partial charge in [-0.25, -0.2) is 9.97 Å². The third-order valence-electron chi connectivity index (χ3n) is 4.86. The zero-order valence-electron chi connectivity index (χ0n) is 16.2. The predicted octanol–water partition coefficient (Wildman–Crippen LogP) is 2.12. The highest BCUT2D eigenvalue weighted by molar-refractivity contribution is 6.33. The van der Waals surface area contributed by atoms with E-state index in [1.54, 1.807) is 12.3 Å². The highest BCUT2D eigenvalue weighted by Crippen LogP contribution is 2.31. The van der Waals surface area contributed by atoms with Crippen LogP contribution in [0.25, 0.3) is 11.3 Å². The fraction of sp³-hybridized carbons (Fsp3) is 0.400. The van der Waals surface area contributed by atoms with Crippen molar-refractivity contribution < 1.29 is 14.3 Å². The van der Waals surface area contributed by atoms with Gasteiger partial charge >= 0.3 is 0 Å². The molecule has 0 bridgehead atoms. The molecule has 0 radical (unpaired) electrons. The minimum Gasteiger partial charge on any atom is -0.381 e. The lowest BCUT2D eigenvalue weighted by atomic mass is 10.0. The summed E-state index contributed by atoms with van der Waals surface area (Å²) in [6.07, 6.45) is 4.11. The second-order valence-electron chi connectivity index (χ2n) is 6.65. The van der Waals surface area contributed by atoms with Gasteiger partial charge in [0.15, 0.2) is 0 Å². The fourth-order valence-electron chi connectivity index (χ4n) is 3.41. The Bertz CT molecular complexity index is 886. The Hall–Kier alpha value is -2.55. The third-order valence-corrected chi connectivity index (χ3v) is 5.13. The molecule has 1 aromatic carbocycles. The molecule has 4 rings (SSSR count). The molecule has 2 aliphatic rings. The van der Waals surface area contributed by atoms with Crippen LogP contribution in [0, 0.1) is 0 Å². The Morgan fingerprint density at radius 2 is 2.10 bits per heavy atom. The Balaban J connectivity index is 0.00000117. The van der Waals surface area contributed by atoms with E-state index in [0.29, 0.717) is 28.8 Å². The van der Waals surface area contributed by atoms with Crippen LogP contribution in [0.3, 0.4) is 0 Å². The van der Waals surface area contributed by atoms with Crippen LogP contribution in [0.1, 0.15) is 28.8 Å². The summed E-state index contributed by atoms with van der Waals surface area (Å²) in [5, 5.41) is 3.75. The van der Waals surface area contributed by atoms with Gasteiger partial charge < -0.3 is 25.5 Å². The van der Waals surface area contributed by atoms with Crippen molar-refractivity contribution in [1.29, 1.82) is 0 Å². The van der Waals surface area contributed by atoms with E-state index in [-0.39, 0.29) is 18.5 Å². The average molecular weight is 418 g/mol. The molecule has 2 aromatic rings. The molecule has 154 valence electrons. The first-order valence-electron chi connectivity index (χ1n) is 9.46. The number of fused-ring (bicyclic) bond motifs is 1. The van der Waals surface area contributed by atoms with Crippen molar-refractivity contribution in [3.8, 4) is 11.3 Å². The molecule has 1 fully saturated rings. The average Bonchev–Trinajstić information content (AvgIpc) is 3.07. The number of halogens is 1. The Labute approximate surface area is 174 Å². The van der Waals surface area contributed by atoms with E-state index in [1.165, 1.54) is 11.9 Å². The number of amides is 1. The van der Waals surface area contributed by atoms with E-state index in [9.17, 15) is 9.59 Å². The zero-order chi connectivity index (χ0) is 20.8. The van der Waals surface area contributed by atoms with Crippen LogP contribution in [0.15, 0.2) is 24.4 Å². The fourth-order valence-corrected chi connectivity index (χ4v) is 3.61. The van der Waals surface area contributed by atoms with Crippen molar-refractivity contribution in [3.63, 3.8) is 0 Å². The summed E-state index contributed by atoms with van der Waals surface area (Å²) in [5.41, 5.74) is 7.31. The number of carbonyl (C=O) groups is 2. The summed E-state index contributed by atoms with van der Waals surface area (Å²) in [4.78, 5) is 33.6. The number of nitrogens with zero attached hydrogens (tertiary/aromatic N) is 3. The van der Waals surface area contributed by atoms with Crippen molar-refractivity contribution in [2.24, 2.45) is 5.73 Å². The summed E-state index contributed by atoms with van der Waals surface area (Å²) in [6, 6.07) is 5.83. The van der Waals surface area contributed by atoms with Gasteiger partial charge in [-0.2, -0.15) is 0 Å². The monoisotopic (exact) mass is 417 g/mol. The lowest BCUT2D eigenvalue weighted by molar-refractivity contribution is -0.108. The molecular weight excluding hydrogens is 394 g/mol. The zero-order valence-corrected chi connectivity index (χ0v) is 17.0. The van der Waals surface area contributed by atoms with Gasteiger partial charge in [0.1, 0.15) is 6.29 Å². The molecule has 1 amide bonds. The van der Waals surface area contributed by atoms with Crippen molar-refractivity contribution in [1.82, 2.24) is 14.9 Å². The number of rotatable bonds is 5. The molecule has 8 nitrogen and oxygen atoms in total. The van der Waals surface area contributed by atoms with Crippen molar-refractivity contribution >= 4 is 29.7 Å². The second-order valence-corrected chi connectivity index (χ2v) is 7.05. The number of nitrogens with one attached hydrogen (secondary N) is 1. The van der Waals surface area contributed by atoms with E-state index < -0.39 is 0 Å². The van der Waals surface area contributed by atoms with Crippen molar-refractivity contribution in [2.45, 2.75) is 25.4 Å². The molecule has 0 aliphatic carbocycles. The molecule has 3 heterocycles. The molecule has 0 spiro atoms. The number of aromatic nitrogens is 2. The lowest BCUT2D eigenvalue weighted by Crippen LogP contribution is -2.28. The molecule has 2 aliphatic heterocycles. The topological polar surface area (TPSA) is 110 Å². The molecule has 1 aromatic heterocycles. The quantitative estimate of drug-likeness (QED) is 0.717. The number of anilines is 1. The number of carbonyl (C=O) groups excluding carboxylic acids is 2. The summed E-state index contributed by atoms with van der Waals surface area (Å²) < 4.78 is 5.37. The first-order chi connectivity index (χ1) is 14.2. The van der Waals surface area contributed by atoms with Gasteiger partial charge in [-0.05, 0) is 31.5 Å². The lowest BCUT2D eigenvalue weighted by Gasteiger charge is -2.23. The Kier molecular flexibility index (Phi) is 7.13. The summed E-state index contributed by atoms with van der Waals surface area (Å²) in [6.45, 7) is 1.99. The van der Waals surface area contributed by atoms with Crippen LogP contribution < -0.4 is 11.1 Å². The normalized spacial score (nSPS) is 16.1. The maximum Gasteiger partial charge on any atom is 0.254 e. The third kappa shape index (κ3) is 4.72. The molecule has 29 heavy (non-hydrogen) atoms. The van der Waals surface area contributed by atoms with Gasteiger partial charge in [0.25, 0.3) is 5.91 Å². The van der Waals surface area contributed by atoms with Crippen LogP contribution in [0.2, 0.25) is 5.02 Å². The van der Waals surface area contributed by atoms with E-state index >= 15 is 0 Å². The van der Waals surface area contributed by atoms with Gasteiger partial charge in [-0.3, -0.25) is 4.79 Å². The summed E-state index contributed by atoms with van der Waals surface area (Å²) in [7, 11) is 1.50. The van der Waals surface area contributed by atoms with Gasteiger partial charge in [-0.1, -0.05) is 23.7 Å². The number of hydrogen-bond acceptors (Lipinski definition) is 7. The highest BCUT2D eigenvalue weighted by atomic mass is 35.5. The maximum absolute atomic E-state index is 12.5. The minimum atomic E-state index is -0.148. The second kappa shape index (κ2) is 9.78. The molecule has 9 heteroatoms. The molecule has 0 unspecified atom stereocenters. The largest absolute Gasteiger partial charge is 0.381 e. The summed E-state index contributed by atoms with van der Waals surface area (Å²) >= 11 is 6.32. The molecule has 0 saturated carbocycles. The van der Waals surface area contributed by atoms with Gasteiger partial charge in [0, 0.05) is 36.9 Å². The van der Waals surface area contributed by atoms with Crippen LogP contribution in [-0.2, 0) is 16.1 Å². The number of benzene rings is 1. The Morgan fingerprint density at radius 1 is 1.34 bits per heavy atom. The number of aldehydes is 1. The number of ether oxygens (including phenoxy) is 1. The molecule has 3 N–H and O–H groups in total. The van der Waals surface area contributed by atoms with E-state index in [1.807, 2.05) is 12.1 Å². The first-order valence-corrected chi connectivity index (χ1v) is 9.84. The van der Waals surface area contributed by atoms with Crippen LogP contribution in [0.5, 0.6) is 0 Å². The predicted molar refractivity (Wildman–Crippen MR) is 111 cm³/mol. The number of nitrogens with two attached hydrogens (primary N) is 1. The van der Waals surface area contributed by atoms with Crippen LogP contribution in [0.4, 0.5) is 5.95 Å². The highest BCUT2D eigenvalue weighted by Gasteiger charge is 2.27.